The number of aryl methyl sites for hydroxylation is 2. The van der Waals surface area contributed by atoms with Gasteiger partial charge in [0.15, 0.2) is 0 Å². The predicted octanol–water partition coefficient (Wildman–Crippen LogP) is 4.76. The SMILES string of the molecule is CCc1nn(CC)c(CSc2cc(Cl)ccc2N)c1Br. The van der Waals surface area contributed by atoms with Crippen LogP contribution in [0.25, 0.3) is 0 Å². The highest BCUT2D eigenvalue weighted by atomic mass is 79.9. The quantitative estimate of drug-likeness (QED) is 0.606. The van der Waals surface area contributed by atoms with Crippen molar-refractivity contribution in [2.75, 3.05) is 5.73 Å². The van der Waals surface area contributed by atoms with E-state index in [9.17, 15) is 0 Å². The fraction of sp³-hybridized carbons (Fsp3) is 0.357. The van der Waals surface area contributed by atoms with Gasteiger partial charge in [-0.05, 0) is 47.5 Å². The van der Waals surface area contributed by atoms with Crippen molar-refractivity contribution in [3.63, 3.8) is 0 Å². The number of rotatable bonds is 5. The van der Waals surface area contributed by atoms with E-state index in [0.29, 0.717) is 5.02 Å². The fourth-order valence-electron chi connectivity index (χ4n) is 1.93. The third kappa shape index (κ3) is 3.32. The van der Waals surface area contributed by atoms with Gasteiger partial charge in [-0.3, -0.25) is 4.68 Å². The van der Waals surface area contributed by atoms with Gasteiger partial charge in [0.2, 0.25) is 0 Å². The maximum Gasteiger partial charge on any atom is 0.0767 e. The Morgan fingerprint density at radius 3 is 2.80 bits per heavy atom. The minimum Gasteiger partial charge on any atom is -0.398 e. The van der Waals surface area contributed by atoms with E-state index in [1.165, 1.54) is 5.69 Å². The van der Waals surface area contributed by atoms with Gasteiger partial charge in [-0.2, -0.15) is 5.10 Å². The van der Waals surface area contributed by atoms with Crippen LogP contribution in [0, 0.1) is 0 Å². The number of hydrogen-bond acceptors (Lipinski definition) is 3. The van der Waals surface area contributed by atoms with Crippen molar-refractivity contribution < 1.29 is 0 Å². The molecule has 0 aliphatic heterocycles. The molecule has 1 aromatic carbocycles. The maximum absolute atomic E-state index is 6.02. The number of aromatic nitrogens is 2. The molecular weight excluding hydrogens is 358 g/mol. The molecule has 1 aromatic heterocycles. The summed E-state index contributed by atoms with van der Waals surface area (Å²) in [6.07, 6.45) is 0.921. The Kier molecular flexibility index (Phi) is 5.41. The summed E-state index contributed by atoms with van der Waals surface area (Å²) in [7, 11) is 0. The minimum absolute atomic E-state index is 0.707. The molecule has 0 fully saturated rings. The summed E-state index contributed by atoms with van der Waals surface area (Å²) < 4.78 is 3.14. The zero-order chi connectivity index (χ0) is 14.7. The fourth-order valence-corrected chi connectivity index (χ4v) is 4.09. The van der Waals surface area contributed by atoms with Crippen LogP contribution in [0.1, 0.15) is 25.2 Å². The normalized spacial score (nSPS) is 11.0. The summed E-state index contributed by atoms with van der Waals surface area (Å²) in [6, 6.07) is 5.56. The van der Waals surface area contributed by atoms with Crippen molar-refractivity contribution in [2.45, 2.75) is 37.5 Å². The number of benzene rings is 1. The molecule has 0 aliphatic rings. The number of hydrogen-bond donors (Lipinski definition) is 1. The van der Waals surface area contributed by atoms with Crippen LogP contribution in [0.5, 0.6) is 0 Å². The number of anilines is 1. The lowest BCUT2D eigenvalue weighted by molar-refractivity contribution is 0.627. The highest BCUT2D eigenvalue weighted by Crippen LogP contribution is 2.33. The molecule has 0 saturated carbocycles. The number of thioether (sulfide) groups is 1. The smallest absolute Gasteiger partial charge is 0.0767 e. The number of nitrogen functional groups attached to an aromatic ring is 1. The zero-order valence-electron chi connectivity index (χ0n) is 11.5. The van der Waals surface area contributed by atoms with Gasteiger partial charge in [0, 0.05) is 27.9 Å². The maximum atomic E-state index is 6.02. The van der Waals surface area contributed by atoms with Crippen molar-refractivity contribution in [1.82, 2.24) is 9.78 Å². The average Bonchev–Trinajstić information content (AvgIpc) is 2.75. The predicted molar refractivity (Wildman–Crippen MR) is 90.4 cm³/mol. The monoisotopic (exact) mass is 373 g/mol. The Bertz CT molecular complexity index is 613. The second-order valence-corrected chi connectivity index (χ2v) is 6.59. The van der Waals surface area contributed by atoms with Crippen molar-refractivity contribution >= 4 is 45.0 Å². The van der Waals surface area contributed by atoms with Crippen LogP contribution in [-0.4, -0.2) is 9.78 Å². The molecule has 0 radical (unpaired) electrons. The van der Waals surface area contributed by atoms with Crippen LogP contribution in [0.3, 0.4) is 0 Å². The summed E-state index contributed by atoms with van der Waals surface area (Å²) in [6.45, 7) is 5.07. The van der Waals surface area contributed by atoms with Crippen molar-refractivity contribution in [2.24, 2.45) is 0 Å². The molecule has 0 unspecified atom stereocenters. The molecule has 0 saturated heterocycles. The van der Waals surface area contributed by atoms with E-state index in [2.05, 4.69) is 34.9 Å². The van der Waals surface area contributed by atoms with E-state index >= 15 is 0 Å². The number of halogens is 2. The molecule has 20 heavy (non-hydrogen) atoms. The summed E-state index contributed by atoms with van der Waals surface area (Å²) in [5, 5.41) is 5.31. The van der Waals surface area contributed by atoms with Gasteiger partial charge in [0.05, 0.1) is 15.9 Å². The molecule has 2 aromatic rings. The molecule has 0 spiro atoms. The molecule has 0 aliphatic carbocycles. The van der Waals surface area contributed by atoms with E-state index in [0.717, 1.165) is 39.5 Å². The van der Waals surface area contributed by atoms with E-state index < -0.39 is 0 Å². The Morgan fingerprint density at radius 2 is 2.15 bits per heavy atom. The first-order valence-electron chi connectivity index (χ1n) is 6.48. The lowest BCUT2D eigenvalue weighted by atomic mass is 10.3. The van der Waals surface area contributed by atoms with Crippen LogP contribution in [0.4, 0.5) is 5.69 Å². The molecular formula is C14H17BrClN3S. The van der Waals surface area contributed by atoms with E-state index in [1.54, 1.807) is 11.8 Å². The van der Waals surface area contributed by atoms with Gasteiger partial charge in [0.1, 0.15) is 0 Å². The van der Waals surface area contributed by atoms with Crippen molar-refractivity contribution in [1.29, 1.82) is 0 Å². The van der Waals surface area contributed by atoms with Crippen LogP contribution in [0.15, 0.2) is 27.6 Å². The topological polar surface area (TPSA) is 43.8 Å². The van der Waals surface area contributed by atoms with Gasteiger partial charge in [-0.1, -0.05) is 18.5 Å². The highest BCUT2D eigenvalue weighted by molar-refractivity contribution is 9.10. The summed E-state index contributed by atoms with van der Waals surface area (Å²) >= 11 is 11.4. The van der Waals surface area contributed by atoms with Gasteiger partial charge >= 0.3 is 0 Å². The molecule has 1 heterocycles. The Labute approximate surface area is 137 Å². The molecule has 6 heteroatoms. The average molecular weight is 375 g/mol. The van der Waals surface area contributed by atoms with Crippen LogP contribution < -0.4 is 5.73 Å². The van der Waals surface area contributed by atoms with Crippen molar-refractivity contribution in [3.8, 4) is 0 Å². The van der Waals surface area contributed by atoms with Gasteiger partial charge in [0.25, 0.3) is 0 Å². The van der Waals surface area contributed by atoms with Crippen LogP contribution in [0.2, 0.25) is 5.02 Å². The largest absolute Gasteiger partial charge is 0.398 e. The zero-order valence-corrected chi connectivity index (χ0v) is 14.6. The van der Waals surface area contributed by atoms with Gasteiger partial charge in [-0.15, -0.1) is 11.8 Å². The lowest BCUT2D eigenvalue weighted by Crippen LogP contribution is -2.02. The van der Waals surface area contributed by atoms with Gasteiger partial charge < -0.3 is 5.73 Å². The van der Waals surface area contributed by atoms with Crippen LogP contribution >= 0.6 is 39.3 Å². The Morgan fingerprint density at radius 1 is 1.40 bits per heavy atom. The minimum atomic E-state index is 0.707. The third-order valence-electron chi connectivity index (χ3n) is 3.03. The molecule has 0 atom stereocenters. The molecule has 0 bridgehead atoms. The molecule has 0 amide bonds. The first-order valence-corrected chi connectivity index (χ1v) is 8.64. The summed E-state index contributed by atoms with van der Waals surface area (Å²) in [4.78, 5) is 1.01. The summed E-state index contributed by atoms with van der Waals surface area (Å²) in [5.74, 6) is 0.811. The number of nitrogens with zero attached hydrogens (tertiary/aromatic N) is 2. The molecule has 3 nitrogen and oxygen atoms in total. The van der Waals surface area contributed by atoms with Crippen molar-refractivity contribution in [3.05, 3.63) is 39.1 Å². The standard InChI is InChI=1S/C14H17BrClN3S/c1-3-11-14(15)12(19(4-2)18-11)8-20-13-7-9(16)5-6-10(13)17/h5-7H,3-4,8,17H2,1-2H3. The first kappa shape index (κ1) is 15.7. The van der Waals surface area contributed by atoms with E-state index in [4.69, 9.17) is 17.3 Å². The molecule has 2 N–H and O–H groups in total. The van der Waals surface area contributed by atoms with Crippen LogP contribution in [-0.2, 0) is 18.7 Å². The van der Waals surface area contributed by atoms with E-state index in [1.807, 2.05) is 22.9 Å². The van der Waals surface area contributed by atoms with Gasteiger partial charge in [-0.25, -0.2) is 0 Å². The van der Waals surface area contributed by atoms with E-state index in [-0.39, 0.29) is 0 Å². The second kappa shape index (κ2) is 6.87. The molecule has 2 rings (SSSR count). The third-order valence-corrected chi connectivity index (χ3v) is 5.27. The second-order valence-electron chi connectivity index (χ2n) is 4.35. The molecule has 108 valence electrons. The summed E-state index contributed by atoms with van der Waals surface area (Å²) in [5.41, 5.74) is 9.03. The Balaban J connectivity index is 2.22. The first-order chi connectivity index (χ1) is 9.56. The highest BCUT2D eigenvalue weighted by Gasteiger charge is 2.14. The Hall–Kier alpha value is -0.650. The number of nitrogens with two attached hydrogens (primary N) is 1. The lowest BCUT2D eigenvalue weighted by Gasteiger charge is -2.08.